The van der Waals surface area contributed by atoms with Crippen LogP contribution in [0.2, 0.25) is 5.02 Å². The summed E-state index contributed by atoms with van der Waals surface area (Å²) in [6.45, 7) is 2.81. The van der Waals surface area contributed by atoms with Crippen molar-refractivity contribution in [3.63, 3.8) is 0 Å². The lowest BCUT2D eigenvalue weighted by Crippen LogP contribution is -2.36. The molecule has 1 aromatic heterocycles. The van der Waals surface area contributed by atoms with Crippen LogP contribution in [0.4, 0.5) is 16.5 Å². The van der Waals surface area contributed by atoms with Crippen molar-refractivity contribution in [1.82, 2.24) is 4.98 Å². The predicted molar refractivity (Wildman–Crippen MR) is 112 cm³/mol. The maximum absolute atomic E-state index is 12.7. The maximum Gasteiger partial charge on any atom is 0.289 e. The number of halogens is 1. The third kappa shape index (κ3) is 4.13. The number of aromatic nitrogens is 1. The number of hydrogen-bond donors (Lipinski definition) is 1. The minimum atomic E-state index is -4.02. The van der Waals surface area contributed by atoms with Gasteiger partial charge in [0.25, 0.3) is 15.7 Å². The van der Waals surface area contributed by atoms with E-state index >= 15 is 0 Å². The van der Waals surface area contributed by atoms with Crippen molar-refractivity contribution in [3.05, 3.63) is 51.5 Å². The standard InChI is InChI=1S/C17H15ClN4O5S2/c18-13-3-2-12(10-15(13)22(23)24)29(25,26)20-11-1-4-14-16(9-11)28-17(19-14)21-5-7-27-8-6-21/h1-4,9-10,20H,5-8H2. The van der Waals surface area contributed by atoms with Gasteiger partial charge >= 0.3 is 0 Å². The fraction of sp³-hybridized carbons (Fsp3) is 0.235. The van der Waals surface area contributed by atoms with E-state index in [2.05, 4.69) is 14.6 Å². The minimum Gasteiger partial charge on any atom is -0.378 e. The molecular weight excluding hydrogens is 440 g/mol. The molecule has 12 heteroatoms. The molecule has 0 aliphatic carbocycles. The van der Waals surface area contributed by atoms with Gasteiger partial charge in [0.1, 0.15) is 5.02 Å². The highest BCUT2D eigenvalue weighted by Crippen LogP contribution is 2.32. The molecule has 4 rings (SSSR count). The second-order valence-corrected chi connectivity index (χ2v) is 9.35. The number of benzene rings is 2. The molecule has 0 bridgehead atoms. The lowest BCUT2D eigenvalue weighted by Gasteiger charge is -2.25. The summed E-state index contributed by atoms with van der Waals surface area (Å²) in [7, 11) is -4.02. The van der Waals surface area contributed by atoms with Gasteiger partial charge in [-0.3, -0.25) is 14.8 Å². The van der Waals surface area contributed by atoms with E-state index in [0.29, 0.717) is 18.9 Å². The Morgan fingerprint density at radius 1 is 1.21 bits per heavy atom. The van der Waals surface area contributed by atoms with Crippen LogP contribution in [-0.4, -0.2) is 44.6 Å². The molecule has 29 heavy (non-hydrogen) atoms. The Hall–Kier alpha value is -2.47. The van der Waals surface area contributed by atoms with Gasteiger partial charge < -0.3 is 9.64 Å². The lowest BCUT2D eigenvalue weighted by atomic mass is 10.3. The first-order valence-electron chi connectivity index (χ1n) is 8.53. The predicted octanol–water partition coefficient (Wildman–Crippen LogP) is 3.50. The van der Waals surface area contributed by atoms with Crippen molar-refractivity contribution < 1.29 is 18.1 Å². The van der Waals surface area contributed by atoms with Gasteiger partial charge in [-0.2, -0.15) is 0 Å². The molecule has 1 N–H and O–H groups in total. The Morgan fingerprint density at radius 2 is 1.97 bits per heavy atom. The smallest absolute Gasteiger partial charge is 0.289 e. The molecule has 152 valence electrons. The number of anilines is 2. The first-order valence-corrected chi connectivity index (χ1v) is 11.2. The highest BCUT2D eigenvalue weighted by Gasteiger charge is 2.21. The quantitative estimate of drug-likeness (QED) is 0.463. The third-order valence-electron chi connectivity index (χ3n) is 4.34. The van der Waals surface area contributed by atoms with Crippen molar-refractivity contribution >= 4 is 59.7 Å². The number of rotatable bonds is 5. The van der Waals surface area contributed by atoms with Crippen LogP contribution in [0.3, 0.4) is 0 Å². The van der Waals surface area contributed by atoms with Gasteiger partial charge in [0.15, 0.2) is 5.13 Å². The molecule has 1 aliphatic heterocycles. The van der Waals surface area contributed by atoms with Crippen LogP contribution < -0.4 is 9.62 Å². The van der Waals surface area contributed by atoms with E-state index in [-0.39, 0.29) is 9.92 Å². The Balaban J connectivity index is 1.61. The van der Waals surface area contributed by atoms with Gasteiger partial charge in [-0.15, -0.1) is 0 Å². The summed E-state index contributed by atoms with van der Waals surface area (Å²) < 4.78 is 34.0. The molecule has 2 aromatic carbocycles. The van der Waals surface area contributed by atoms with E-state index in [1.165, 1.54) is 23.5 Å². The fourth-order valence-electron chi connectivity index (χ4n) is 2.88. The number of nitro groups is 1. The zero-order valence-electron chi connectivity index (χ0n) is 14.9. The number of nitro benzene ring substituents is 1. The SMILES string of the molecule is O=[N+]([O-])c1cc(S(=O)(=O)Nc2ccc3nc(N4CCOCC4)sc3c2)ccc1Cl. The molecule has 1 saturated heterocycles. The molecule has 0 saturated carbocycles. The summed E-state index contributed by atoms with van der Waals surface area (Å²) in [5, 5.41) is 11.8. The molecule has 1 aliphatic rings. The van der Waals surface area contributed by atoms with Crippen LogP contribution in [0.1, 0.15) is 0 Å². The number of ether oxygens (including phenoxy) is 1. The van der Waals surface area contributed by atoms with Gasteiger partial charge in [-0.1, -0.05) is 22.9 Å². The highest BCUT2D eigenvalue weighted by molar-refractivity contribution is 7.92. The first-order chi connectivity index (χ1) is 13.8. The molecule has 9 nitrogen and oxygen atoms in total. The highest BCUT2D eigenvalue weighted by atomic mass is 35.5. The van der Waals surface area contributed by atoms with E-state index in [4.69, 9.17) is 16.3 Å². The number of nitrogens with one attached hydrogen (secondary N) is 1. The van der Waals surface area contributed by atoms with E-state index < -0.39 is 20.6 Å². The molecular formula is C17H15ClN4O5S2. The molecule has 0 amide bonds. The van der Waals surface area contributed by atoms with Gasteiger partial charge in [-0.25, -0.2) is 13.4 Å². The fourth-order valence-corrected chi connectivity index (χ4v) is 5.19. The summed E-state index contributed by atoms with van der Waals surface area (Å²) in [5.74, 6) is 0. The van der Waals surface area contributed by atoms with Crippen molar-refractivity contribution in [2.24, 2.45) is 0 Å². The van der Waals surface area contributed by atoms with Crippen LogP contribution in [0.25, 0.3) is 10.2 Å². The number of morpholine rings is 1. The third-order valence-corrected chi connectivity index (χ3v) is 7.11. The number of thiazole rings is 1. The summed E-state index contributed by atoms with van der Waals surface area (Å²) in [6, 6.07) is 8.38. The van der Waals surface area contributed by atoms with Crippen molar-refractivity contribution in [2.45, 2.75) is 4.90 Å². The van der Waals surface area contributed by atoms with Crippen molar-refractivity contribution in [1.29, 1.82) is 0 Å². The van der Waals surface area contributed by atoms with Gasteiger partial charge in [-0.05, 0) is 30.3 Å². The molecule has 0 spiro atoms. The van der Waals surface area contributed by atoms with E-state index in [1.54, 1.807) is 18.2 Å². The molecule has 1 fully saturated rings. The second kappa shape index (κ2) is 7.75. The van der Waals surface area contributed by atoms with Crippen LogP contribution in [0.15, 0.2) is 41.3 Å². The second-order valence-electron chi connectivity index (χ2n) is 6.25. The van der Waals surface area contributed by atoms with Gasteiger partial charge in [0, 0.05) is 19.2 Å². The number of nitrogens with zero attached hydrogens (tertiary/aromatic N) is 3. The van der Waals surface area contributed by atoms with Crippen LogP contribution in [0, 0.1) is 10.1 Å². The average Bonchev–Trinajstić information content (AvgIpc) is 3.11. The molecule has 0 unspecified atom stereocenters. The average molecular weight is 455 g/mol. The Labute approximate surface area is 175 Å². The normalized spacial score (nSPS) is 14.9. The Bertz CT molecular complexity index is 1190. The van der Waals surface area contributed by atoms with Gasteiger partial charge in [0.05, 0.1) is 38.9 Å². The molecule has 0 radical (unpaired) electrons. The van der Waals surface area contributed by atoms with Crippen LogP contribution in [-0.2, 0) is 14.8 Å². The van der Waals surface area contributed by atoms with E-state index in [0.717, 1.165) is 34.5 Å². The topological polar surface area (TPSA) is 115 Å². The lowest BCUT2D eigenvalue weighted by molar-refractivity contribution is -0.384. The minimum absolute atomic E-state index is 0.129. The first kappa shape index (κ1) is 19.8. The maximum atomic E-state index is 12.7. The van der Waals surface area contributed by atoms with Crippen LogP contribution in [0.5, 0.6) is 0 Å². The summed E-state index contributed by atoms with van der Waals surface area (Å²) in [5.41, 5.74) is 0.636. The van der Waals surface area contributed by atoms with Crippen molar-refractivity contribution in [3.8, 4) is 0 Å². The number of fused-ring (bicyclic) bond motifs is 1. The number of hydrogen-bond acceptors (Lipinski definition) is 8. The zero-order valence-corrected chi connectivity index (χ0v) is 17.3. The molecule has 2 heterocycles. The molecule has 0 atom stereocenters. The Kier molecular flexibility index (Phi) is 5.30. The largest absolute Gasteiger partial charge is 0.378 e. The monoisotopic (exact) mass is 454 g/mol. The summed E-state index contributed by atoms with van der Waals surface area (Å²) in [6.07, 6.45) is 0. The summed E-state index contributed by atoms with van der Waals surface area (Å²) >= 11 is 7.22. The number of sulfonamides is 1. The molecule has 3 aromatic rings. The Morgan fingerprint density at radius 3 is 2.69 bits per heavy atom. The van der Waals surface area contributed by atoms with E-state index in [1.807, 2.05) is 0 Å². The van der Waals surface area contributed by atoms with Crippen molar-refractivity contribution in [2.75, 3.05) is 35.9 Å². The van der Waals surface area contributed by atoms with Crippen LogP contribution >= 0.6 is 22.9 Å². The summed E-state index contributed by atoms with van der Waals surface area (Å²) in [4.78, 5) is 16.8. The van der Waals surface area contributed by atoms with E-state index in [9.17, 15) is 18.5 Å². The van der Waals surface area contributed by atoms with Gasteiger partial charge in [0.2, 0.25) is 0 Å². The zero-order chi connectivity index (χ0) is 20.6.